The van der Waals surface area contributed by atoms with Crippen molar-refractivity contribution in [2.24, 2.45) is 0 Å². The molecule has 1 aromatic heterocycles. The molecule has 7 heteroatoms. The second-order valence-corrected chi connectivity index (χ2v) is 6.89. The molecular weight excluding hydrogens is 370 g/mol. The summed E-state index contributed by atoms with van der Waals surface area (Å²) in [6.45, 7) is 6.33. The largest absolute Gasteiger partial charge is 0.445 e. The standard InChI is InChI=1S/C22H31N3O4/c1-6-7-8-17-9-11-18(12-10-17)25-15(2)19(13-28-21(26)23-4)20(16(25)3)14-29-22(27)24-5/h9-12H,6-8,13-14H2,1-5H3,(H,23,26)(H,24,27). The lowest BCUT2D eigenvalue weighted by Gasteiger charge is -2.11. The molecule has 0 spiro atoms. The summed E-state index contributed by atoms with van der Waals surface area (Å²) in [6, 6.07) is 8.48. The SMILES string of the molecule is CCCCc1ccc(-n2c(C)c(COC(=O)NC)c(COC(=O)NC)c2C)cc1. The molecular formula is C22H31N3O4. The summed E-state index contributed by atoms with van der Waals surface area (Å²) in [5.74, 6) is 0. The van der Waals surface area contributed by atoms with Gasteiger partial charge in [0, 0.05) is 42.3 Å². The van der Waals surface area contributed by atoms with Crippen LogP contribution in [0.2, 0.25) is 0 Å². The maximum atomic E-state index is 11.6. The Morgan fingerprint density at radius 1 is 0.897 bits per heavy atom. The van der Waals surface area contributed by atoms with E-state index >= 15 is 0 Å². The number of rotatable bonds is 8. The van der Waals surface area contributed by atoms with Crippen LogP contribution in [0.5, 0.6) is 0 Å². The number of hydrogen-bond acceptors (Lipinski definition) is 4. The van der Waals surface area contributed by atoms with Crippen LogP contribution < -0.4 is 10.6 Å². The number of carbonyl (C=O) groups is 2. The number of nitrogens with zero attached hydrogens (tertiary/aromatic N) is 1. The van der Waals surface area contributed by atoms with E-state index in [2.05, 4.69) is 46.4 Å². The van der Waals surface area contributed by atoms with Crippen molar-refractivity contribution < 1.29 is 19.1 Å². The first-order valence-electron chi connectivity index (χ1n) is 9.90. The van der Waals surface area contributed by atoms with Gasteiger partial charge >= 0.3 is 12.2 Å². The van der Waals surface area contributed by atoms with Gasteiger partial charge in [-0.1, -0.05) is 25.5 Å². The van der Waals surface area contributed by atoms with Crippen LogP contribution in [0.25, 0.3) is 5.69 Å². The zero-order valence-corrected chi connectivity index (χ0v) is 17.9. The van der Waals surface area contributed by atoms with Crippen LogP contribution in [-0.4, -0.2) is 30.8 Å². The van der Waals surface area contributed by atoms with Crippen molar-refractivity contribution in [1.29, 1.82) is 0 Å². The Balaban J connectivity index is 2.39. The Morgan fingerprint density at radius 2 is 1.38 bits per heavy atom. The zero-order chi connectivity index (χ0) is 21.4. The zero-order valence-electron chi connectivity index (χ0n) is 17.9. The summed E-state index contributed by atoms with van der Waals surface area (Å²) in [6.07, 6.45) is 2.39. The molecule has 2 N–H and O–H groups in total. The minimum Gasteiger partial charge on any atom is -0.445 e. The van der Waals surface area contributed by atoms with Crippen molar-refractivity contribution in [2.75, 3.05) is 14.1 Å². The molecule has 0 radical (unpaired) electrons. The number of ether oxygens (including phenoxy) is 2. The molecule has 2 amide bonds. The van der Waals surface area contributed by atoms with Gasteiger partial charge in [0.05, 0.1) is 0 Å². The predicted octanol–water partition coefficient (Wildman–Crippen LogP) is 4.15. The van der Waals surface area contributed by atoms with E-state index in [4.69, 9.17) is 9.47 Å². The molecule has 2 aromatic rings. The molecule has 0 saturated heterocycles. The van der Waals surface area contributed by atoms with Crippen LogP contribution in [0.15, 0.2) is 24.3 Å². The van der Waals surface area contributed by atoms with Crippen molar-refractivity contribution in [2.45, 2.75) is 53.2 Å². The molecule has 158 valence electrons. The third-order valence-corrected chi connectivity index (χ3v) is 5.03. The molecule has 29 heavy (non-hydrogen) atoms. The van der Waals surface area contributed by atoms with Gasteiger partial charge in [-0.25, -0.2) is 9.59 Å². The Bertz CT molecular complexity index is 797. The number of hydrogen-bond donors (Lipinski definition) is 2. The second-order valence-electron chi connectivity index (χ2n) is 6.89. The maximum Gasteiger partial charge on any atom is 0.407 e. The molecule has 1 heterocycles. The van der Waals surface area contributed by atoms with Crippen molar-refractivity contribution in [3.05, 3.63) is 52.3 Å². The Kier molecular flexibility index (Phi) is 8.12. The lowest BCUT2D eigenvalue weighted by atomic mass is 10.1. The number of nitrogens with one attached hydrogen (secondary N) is 2. The van der Waals surface area contributed by atoms with Crippen LogP contribution in [0.3, 0.4) is 0 Å². The minimum atomic E-state index is -0.506. The van der Waals surface area contributed by atoms with E-state index in [0.29, 0.717) is 0 Å². The van der Waals surface area contributed by atoms with E-state index in [1.54, 1.807) is 0 Å². The van der Waals surface area contributed by atoms with Crippen LogP contribution in [0.4, 0.5) is 9.59 Å². The number of benzene rings is 1. The van der Waals surface area contributed by atoms with Gasteiger partial charge in [-0.15, -0.1) is 0 Å². The van der Waals surface area contributed by atoms with Crippen molar-refractivity contribution >= 4 is 12.2 Å². The average molecular weight is 402 g/mol. The summed E-state index contributed by atoms with van der Waals surface area (Å²) < 4.78 is 12.7. The summed E-state index contributed by atoms with van der Waals surface area (Å²) in [5.41, 5.74) is 5.90. The predicted molar refractivity (Wildman–Crippen MR) is 112 cm³/mol. The quantitative estimate of drug-likeness (QED) is 0.696. The first-order valence-corrected chi connectivity index (χ1v) is 9.90. The molecule has 0 aliphatic carbocycles. The first kappa shape index (κ1) is 22.3. The van der Waals surface area contributed by atoms with Crippen molar-refractivity contribution in [1.82, 2.24) is 15.2 Å². The fourth-order valence-corrected chi connectivity index (χ4v) is 3.34. The van der Waals surface area contributed by atoms with Crippen LogP contribution >= 0.6 is 0 Å². The summed E-state index contributed by atoms with van der Waals surface area (Å²) in [7, 11) is 3.03. The highest BCUT2D eigenvalue weighted by atomic mass is 16.6. The average Bonchev–Trinajstić information content (AvgIpc) is 2.97. The third kappa shape index (κ3) is 5.53. The summed E-state index contributed by atoms with van der Waals surface area (Å²) in [5, 5.41) is 4.89. The van der Waals surface area contributed by atoms with Gasteiger partial charge < -0.3 is 24.7 Å². The number of alkyl carbamates (subject to hydrolysis) is 2. The fraction of sp³-hybridized carbons (Fsp3) is 0.455. The minimum absolute atomic E-state index is 0.0976. The van der Waals surface area contributed by atoms with Crippen LogP contribution in [0, 0.1) is 13.8 Å². The summed E-state index contributed by atoms with van der Waals surface area (Å²) >= 11 is 0. The van der Waals surface area contributed by atoms with E-state index in [1.165, 1.54) is 32.5 Å². The maximum absolute atomic E-state index is 11.6. The highest BCUT2D eigenvalue weighted by molar-refractivity contribution is 5.67. The van der Waals surface area contributed by atoms with E-state index in [9.17, 15) is 9.59 Å². The smallest absolute Gasteiger partial charge is 0.407 e. The van der Waals surface area contributed by atoms with Crippen molar-refractivity contribution in [3.8, 4) is 5.69 Å². The molecule has 0 atom stereocenters. The molecule has 0 unspecified atom stereocenters. The van der Waals surface area contributed by atoms with Gasteiger partial charge in [0.25, 0.3) is 0 Å². The molecule has 0 aliphatic rings. The van der Waals surface area contributed by atoms with Crippen molar-refractivity contribution in [3.63, 3.8) is 0 Å². The van der Waals surface area contributed by atoms with Crippen LogP contribution in [-0.2, 0) is 29.1 Å². The Hall–Kier alpha value is -2.96. The molecule has 0 aliphatic heterocycles. The molecule has 0 bridgehead atoms. The van der Waals surface area contributed by atoms with Gasteiger partial charge in [0.1, 0.15) is 13.2 Å². The van der Waals surface area contributed by atoms with Crippen LogP contribution in [0.1, 0.15) is 47.8 Å². The molecule has 0 saturated carbocycles. The normalized spacial score (nSPS) is 10.5. The van der Waals surface area contributed by atoms with Gasteiger partial charge in [0.2, 0.25) is 0 Å². The third-order valence-electron chi connectivity index (χ3n) is 5.03. The second kappa shape index (κ2) is 10.5. The van der Waals surface area contributed by atoms with Gasteiger partial charge in [-0.05, 0) is 44.4 Å². The highest BCUT2D eigenvalue weighted by Gasteiger charge is 2.21. The Morgan fingerprint density at radius 3 is 1.79 bits per heavy atom. The lowest BCUT2D eigenvalue weighted by molar-refractivity contribution is 0.134. The van der Waals surface area contributed by atoms with E-state index in [0.717, 1.165) is 34.6 Å². The Labute approximate surface area is 172 Å². The number of aryl methyl sites for hydroxylation is 1. The lowest BCUT2D eigenvalue weighted by Crippen LogP contribution is -2.20. The molecule has 0 fully saturated rings. The fourth-order valence-electron chi connectivity index (χ4n) is 3.34. The number of carbonyl (C=O) groups excluding carboxylic acids is 2. The van der Waals surface area contributed by atoms with E-state index in [-0.39, 0.29) is 13.2 Å². The highest BCUT2D eigenvalue weighted by Crippen LogP contribution is 2.28. The molecule has 7 nitrogen and oxygen atoms in total. The van der Waals surface area contributed by atoms with E-state index in [1.807, 2.05) is 13.8 Å². The number of amides is 2. The number of unbranched alkanes of at least 4 members (excludes halogenated alkanes) is 1. The summed E-state index contributed by atoms with van der Waals surface area (Å²) in [4.78, 5) is 23.1. The van der Waals surface area contributed by atoms with Gasteiger partial charge in [-0.3, -0.25) is 0 Å². The first-order chi connectivity index (χ1) is 13.9. The number of aromatic nitrogens is 1. The van der Waals surface area contributed by atoms with E-state index < -0.39 is 12.2 Å². The van der Waals surface area contributed by atoms with Gasteiger partial charge in [0.15, 0.2) is 0 Å². The molecule has 1 aromatic carbocycles. The monoisotopic (exact) mass is 401 g/mol. The topological polar surface area (TPSA) is 81.6 Å². The van der Waals surface area contributed by atoms with Gasteiger partial charge in [-0.2, -0.15) is 0 Å². The molecule has 2 rings (SSSR count).